The van der Waals surface area contributed by atoms with Gasteiger partial charge in [-0.1, -0.05) is 0 Å². The van der Waals surface area contributed by atoms with Crippen LogP contribution in [-0.2, 0) is 10.0 Å². The largest absolute Gasteiger partial charge is 0.389 e. The monoisotopic (exact) mass is 286 g/mol. The van der Waals surface area contributed by atoms with Crippen LogP contribution in [-0.4, -0.2) is 37.2 Å². The zero-order valence-electron chi connectivity index (χ0n) is 10.4. The Kier molecular flexibility index (Phi) is 6.63. The van der Waals surface area contributed by atoms with Gasteiger partial charge in [0.15, 0.2) is 0 Å². The minimum atomic E-state index is -4.34. The van der Waals surface area contributed by atoms with Crippen molar-refractivity contribution in [2.75, 3.05) is 12.3 Å². The lowest BCUT2D eigenvalue weighted by Crippen LogP contribution is -2.39. The highest BCUT2D eigenvalue weighted by Gasteiger charge is 2.29. The van der Waals surface area contributed by atoms with E-state index in [-0.39, 0.29) is 19.0 Å². The van der Waals surface area contributed by atoms with Crippen molar-refractivity contribution in [2.45, 2.75) is 45.3 Å². The molecule has 0 bridgehead atoms. The van der Waals surface area contributed by atoms with Crippen LogP contribution in [0.4, 0.5) is 13.2 Å². The van der Waals surface area contributed by atoms with Crippen LogP contribution in [0.5, 0.6) is 0 Å². The molecule has 0 aliphatic heterocycles. The number of sulfonamides is 1. The molecule has 0 radical (unpaired) electrons. The first-order valence-corrected chi connectivity index (χ1v) is 7.14. The van der Waals surface area contributed by atoms with E-state index in [1.807, 2.05) is 6.07 Å². The van der Waals surface area contributed by atoms with Crippen molar-refractivity contribution < 1.29 is 21.6 Å². The molecule has 0 heterocycles. The summed E-state index contributed by atoms with van der Waals surface area (Å²) in [7, 11) is -3.73. The summed E-state index contributed by atoms with van der Waals surface area (Å²) in [6.07, 6.45) is -5.89. The van der Waals surface area contributed by atoms with Gasteiger partial charge in [-0.25, -0.2) is 8.42 Å². The van der Waals surface area contributed by atoms with E-state index in [2.05, 4.69) is 0 Å². The van der Waals surface area contributed by atoms with Crippen molar-refractivity contribution in [3.05, 3.63) is 0 Å². The Morgan fingerprint density at radius 1 is 1.33 bits per heavy atom. The Bertz CT molecular complexity index is 385. The summed E-state index contributed by atoms with van der Waals surface area (Å²) in [4.78, 5) is 0. The van der Waals surface area contributed by atoms with E-state index in [4.69, 9.17) is 5.26 Å². The first-order chi connectivity index (χ1) is 8.10. The molecular formula is C10H17F3N2O2S. The Hall–Kier alpha value is -0.810. The maximum Gasteiger partial charge on any atom is 0.389 e. The minimum Gasteiger partial charge on any atom is -0.212 e. The smallest absolute Gasteiger partial charge is 0.212 e. The Labute approximate surface area is 105 Å². The van der Waals surface area contributed by atoms with Gasteiger partial charge in [0.05, 0.1) is 11.8 Å². The molecule has 0 aliphatic carbocycles. The standard InChI is InChI=1S/C10H17F3N2O2S/c1-9(2)15(7-4-6-14)18(16,17)8-3-5-10(11,12)13/h9H,3-5,7-8H2,1-2H3. The second-order valence-electron chi connectivity index (χ2n) is 4.15. The number of hydrogen-bond acceptors (Lipinski definition) is 3. The minimum absolute atomic E-state index is 0.0164. The predicted octanol–water partition coefficient (Wildman–Crippen LogP) is 2.28. The predicted molar refractivity (Wildman–Crippen MR) is 61.1 cm³/mol. The maximum absolute atomic E-state index is 11.9. The summed E-state index contributed by atoms with van der Waals surface area (Å²) in [5.41, 5.74) is 0. The summed E-state index contributed by atoms with van der Waals surface area (Å²) in [6.45, 7) is 3.26. The number of rotatable bonds is 7. The molecule has 0 rings (SSSR count). The zero-order valence-corrected chi connectivity index (χ0v) is 11.2. The molecule has 4 nitrogen and oxygen atoms in total. The molecule has 106 valence electrons. The Morgan fingerprint density at radius 2 is 1.89 bits per heavy atom. The first-order valence-electron chi connectivity index (χ1n) is 5.53. The third-order valence-electron chi connectivity index (χ3n) is 2.24. The third-order valence-corrected chi connectivity index (χ3v) is 4.36. The number of hydrogen-bond donors (Lipinski definition) is 0. The van der Waals surface area contributed by atoms with Gasteiger partial charge in [0.1, 0.15) is 0 Å². The van der Waals surface area contributed by atoms with Gasteiger partial charge in [0, 0.05) is 25.4 Å². The fourth-order valence-corrected chi connectivity index (χ4v) is 3.21. The van der Waals surface area contributed by atoms with Crippen LogP contribution in [0.1, 0.15) is 33.1 Å². The quantitative estimate of drug-likeness (QED) is 0.721. The van der Waals surface area contributed by atoms with Crippen molar-refractivity contribution in [3.8, 4) is 6.07 Å². The van der Waals surface area contributed by atoms with Crippen LogP contribution in [0, 0.1) is 11.3 Å². The summed E-state index contributed by atoms with van der Waals surface area (Å²) in [5, 5.41) is 8.43. The number of nitrogens with zero attached hydrogens (tertiary/aromatic N) is 2. The van der Waals surface area contributed by atoms with Crippen LogP contribution in [0.25, 0.3) is 0 Å². The molecule has 0 saturated heterocycles. The molecule has 0 aromatic rings. The van der Waals surface area contributed by atoms with Gasteiger partial charge in [0.2, 0.25) is 10.0 Å². The van der Waals surface area contributed by atoms with Gasteiger partial charge in [0.25, 0.3) is 0 Å². The molecule has 0 saturated carbocycles. The summed E-state index contributed by atoms with van der Waals surface area (Å²) >= 11 is 0. The second kappa shape index (κ2) is 6.95. The molecule has 0 spiro atoms. The summed E-state index contributed by atoms with van der Waals surface area (Å²) < 4.78 is 60.5. The van der Waals surface area contributed by atoms with Crippen LogP contribution >= 0.6 is 0 Å². The SMILES string of the molecule is CC(C)N(CCC#N)S(=O)(=O)CCCC(F)(F)F. The lowest BCUT2D eigenvalue weighted by atomic mass is 10.3. The van der Waals surface area contributed by atoms with E-state index in [1.165, 1.54) is 0 Å². The molecule has 0 unspecified atom stereocenters. The molecule has 18 heavy (non-hydrogen) atoms. The average molecular weight is 286 g/mol. The van der Waals surface area contributed by atoms with E-state index >= 15 is 0 Å². The lowest BCUT2D eigenvalue weighted by molar-refractivity contribution is -0.134. The van der Waals surface area contributed by atoms with E-state index in [9.17, 15) is 21.6 Å². The second-order valence-corrected chi connectivity index (χ2v) is 6.19. The van der Waals surface area contributed by atoms with Gasteiger partial charge in [-0.15, -0.1) is 0 Å². The van der Waals surface area contributed by atoms with E-state index in [1.54, 1.807) is 13.8 Å². The molecular weight excluding hydrogens is 269 g/mol. The van der Waals surface area contributed by atoms with Gasteiger partial charge >= 0.3 is 6.18 Å². The Balaban J connectivity index is 4.52. The molecule has 0 aromatic carbocycles. The van der Waals surface area contributed by atoms with Gasteiger partial charge in [-0.05, 0) is 20.3 Å². The van der Waals surface area contributed by atoms with E-state index < -0.39 is 34.8 Å². The average Bonchev–Trinajstić information content (AvgIpc) is 2.14. The number of alkyl halides is 3. The highest BCUT2D eigenvalue weighted by atomic mass is 32.2. The summed E-state index contributed by atoms with van der Waals surface area (Å²) in [6, 6.07) is 1.45. The van der Waals surface area contributed by atoms with E-state index in [0.29, 0.717) is 0 Å². The summed E-state index contributed by atoms with van der Waals surface area (Å²) in [5.74, 6) is -0.546. The van der Waals surface area contributed by atoms with Crippen LogP contribution in [0.15, 0.2) is 0 Å². The first kappa shape index (κ1) is 17.2. The van der Waals surface area contributed by atoms with Crippen LogP contribution in [0.2, 0.25) is 0 Å². The third kappa shape index (κ3) is 6.81. The maximum atomic E-state index is 11.9. The number of nitriles is 1. The normalized spacial score (nSPS) is 13.0. The number of halogens is 3. The fraction of sp³-hybridized carbons (Fsp3) is 0.900. The zero-order chi connectivity index (χ0) is 14.4. The van der Waals surface area contributed by atoms with Crippen molar-refractivity contribution in [1.82, 2.24) is 4.31 Å². The lowest BCUT2D eigenvalue weighted by Gasteiger charge is -2.25. The Morgan fingerprint density at radius 3 is 2.28 bits per heavy atom. The van der Waals surface area contributed by atoms with Crippen molar-refractivity contribution in [3.63, 3.8) is 0 Å². The molecule has 0 aromatic heterocycles. The fourth-order valence-electron chi connectivity index (χ4n) is 1.45. The van der Waals surface area contributed by atoms with Crippen molar-refractivity contribution in [1.29, 1.82) is 5.26 Å². The van der Waals surface area contributed by atoms with E-state index in [0.717, 1.165) is 4.31 Å². The van der Waals surface area contributed by atoms with Gasteiger partial charge < -0.3 is 0 Å². The van der Waals surface area contributed by atoms with Gasteiger partial charge in [-0.2, -0.15) is 22.7 Å². The van der Waals surface area contributed by atoms with Gasteiger partial charge in [-0.3, -0.25) is 0 Å². The molecule has 8 heteroatoms. The molecule has 0 fully saturated rings. The molecule has 0 N–H and O–H groups in total. The molecule has 0 atom stereocenters. The highest BCUT2D eigenvalue weighted by molar-refractivity contribution is 7.89. The van der Waals surface area contributed by atoms with Crippen molar-refractivity contribution in [2.24, 2.45) is 0 Å². The van der Waals surface area contributed by atoms with Crippen LogP contribution in [0.3, 0.4) is 0 Å². The van der Waals surface area contributed by atoms with Crippen LogP contribution < -0.4 is 0 Å². The topological polar surface area (TPSA) is 61.2 Å². The molecule has 0 aliphatic rings. The van der Waals surface area contributed by atoms with Crippen molar-refractivity contribution >= 4 is 10.0 Å². The molecule has 0 amide bonds. The highest BCUT2D eigenvalue weighted by Crippen LogP contribution is 2.22.